The molecule has 5 nitrogen and oxygen atoms in total. The van der Waals surface area contributed by atoms with Crippen molar-refractivity contribution in [1.82, 2.24) is 14.8 Å². The van der Waals surface area contributed by atoms with Gasteiger partial charge in [-0.2, -0.15) is 5.26 Å². The average Bonchev–Trinajstić information content (AvgIpc) is 2.74. The Hall–Kier alpha value is -2.42. The van der Waals surface area contributed by atoms with Crippen molar-refractivity contribution in [2.24, 2.45) is 7.05 Å². The highest BCUT2D eigenvalue weighted by Gasteiger charge is 2.04. The number of anilines is 1. The molecule has 1 aromatic heterocycles. The SMILES string of the molecule is Cn1cnnc1CNc1ccc(F)c(C#N)c1. The highest BCUT2D eigenvalue weighted by Crippen LogP contribution is 2.14. The van der Waals surface area contributed by atoms with Gasteiger partial charge < -0.3 is 9.88 Å². The fourth-order valence-corrected chi connectivity index (χ4v) is 1.37. The number of nitrogens with zero attached hydrogens (tertiary/aromatic N) is 4. The number of hydrogen-bond acceptors (Lipinski definition) is 4. The van der Waals surface area contributed by atoms with E-state index in [0.29, 0.717) is 12.2 Å². The second-order valence-corrected chi connectivity index (χ2v) is 3.52. The van der Waals surface area contributed by atoms with Crippen LogP contribution in [0.5, 0.6) is 0 Å². The molecule has 0 saturated carbocycles. The Bertz CT molecular complexity index is 569. The van der Waals surface area contributed by atoms with Crippen molar-refractivity contribution in [3.8, 4) is 6.07 Å². The summed E-state index contributed by atoms with van der Waals surface area (Å²) in [5.41, 5.74) is 0.693. The summed E-state index contributed by atoms with van der Waals surface area (Å²) in [4.78, 5) is 0. The molecule has 0 saturated heterocycles. The summed E-state index contributed by atoms with van der Waals surface area (Å²) >= 11 is 0. The number of nitrogens with one attached hydrogen (secondary N) is 1. The molecule has 0 unspecified atom stereocenters. The zero-order chi connectivity index (χ0) is 12.3. The van der Waals surface area contributed by atoms with Gasteiger partial charge in [-0.3, -0.25) is 0 Å². The van der Waals surface area contributed by atoms with Gasteiger partial charge in [-0.1, -0.05) is 0 Å². The van der Waals surface area contributed by atoms with Gasteiger partial charge in [0.15, 0.2) is 5.82 Å². The standard InChI is InChI=1S/C11H10FN5/c1-17-7-15-16-11(17)6-14-9-2-3-10(12)8(4-9)5-13/h2-4,7,14H,6H2,1H3. The summed E-state index contributed by atoms with van der Waals surface area (Å²) < 4.78 is 14.9. The fraction of sp³-hybridized carbons (Fsp3) is 0.182. The van der Waals surface area contributed by atoms with E-state index in [1.807, 2.05) is 7.05 Å². The molecule has 0 aliphatic rings. The Morgan fingerprint density at radius 3 is 3.00 bits per heavy atom. The van der Waals surface area contributed by atoms with Gasteiger partial charge in [0.05, 0.1) is 12.1 Å². The van der Waals surface area contributed by atoms with Crippen LogP contribution in [0.4, 0.5) is 10.1 Å². The molecule has 0 aliphatic heterocycles. The fourth-order valence-electron chi connectivity index (χ4n) is 1.37. The predicted molar refractivity (Wildman–Crippen MR) is 59.4 cm³/mol. The Morgan fingerprint density at radius 1 is 1.53 bits per heavy atom. The van der Waals surface area contributed by atoms with Crippen LogP contribution in [0.3, 0.4) is 0 Å². The van der Waals surface area contributed by atoms with Crippen molar-refractivity contribution in [1.29, 1.82) is 5.26 Å². The Morgan fingerprint density at radius 2 is 2.35 bits per heavy atom. The van der Waals surface area contributed by atoms with E-state index in [9.17, 15) is 4.39 Å². The predicted octanol–water partition coefficient (Wildman–Crippen LogP) is 1.44. The largest absolute Gasteiger partial charge is 0.378 e. The molecule has 0 fully saturated rings. The number of aromatic nitrogens is 3. The van der Waals surface area contributed by atoms with E-state index in [-0.39, 0.29) is 5.56 Å². The molecule has 2 aromatic rings. The molecule has 0 spiro atoms. The zero-order valence-corrected chi connectivity index (χ0v) is 9.18. The smallest absolute Gasteiger partial charge is 0.151 e. The van der Waals surface area contributed by atoms with Crippen molar-refractivity contribution in [3.63, 3.8) is 0 Å². The molecule has 0 amide bonds. The van der Waals surface area contributed by atoms with Crippen LogP contribution in [0, 0.1) is 17.1 Å². The van der Waals surface area contributed by atoms with Gasteiger partial charge in [0.1, 0.15) is 18.2 Å². The number of nitriles is 1. The summed E-state index contributed by atoms with van der Waals surface area (Å²) in [5, 5.41) is 19.4. The van der Waals surface area contributed by atoms with E-state index >= 15 is 0 Å². The number of rotatable bonds is 3. The topological polar surface area (TPSA) is 66.5 Å². The van der Waals surface area contributed by atoms with E-state index in [1.54, 1.807) is 23.0 Å². The molecule has 2 rings (SSSR count). The molecular weight excluding hydrogens is 221 g/mol. The van der Waals surface area contributed by atoms with Gasteiger partial charge in [-0.15, -0.1) is 10.2 Å². The van der Waals surface area contributed by atoms with Crippen LogP contribution in [0.15, 0.2) is 24.5 Å². The quantitative estimate of drug-likeness (QED) is 0.867. The lowest BCUT2D eigenvalue weighted by molar-refractivity contribution is 0.624. The second kappa shape index (κ2) is 4.61. The molecular formula is C11H10FN5. The van der Waals surface area contributed by atoms with Crippen molar-refractivity contribution < 1.29 is 4.39 Å². The van der Waals surface area contributed by atoms with Gasteiger partial charge in [0.2, 0.25) is 0 Å². The first-order chi connectivity index (χ1) is 8.20. The summed E-state index contributed by atoms with van der Waals surface area (Å²) in [5.74, 6) is 0.240. The number of halogens is 1. The minimum Gasteiger partial charge on any atom is -0.378 e. The van der Waals surface area contributed by atoms with Gasteiger partial charge >= 0.3 is 0 Å². The Balaban J connectivity index is 2.10. The Labute approximate surface area is 97.5 Å². The average molecular weight is 231 g/mol. The monoisotopic (exact) mass is 231 g/mol. The highest BCUT2D eigenvalue weighted by molar-refractivity contribution is 5.49. The van der Waals surface area contributed by atoms with E-state index in [4.69, 9.17) is 5.26 Å². The third-order valence-corrected chi connectivity index (χ3v) is 2.34. The molecule has 1 aromatic carbocycles. The highest BCUT2D eigenvalue weighted by atomic mass is 19.1. The van der Waals surface area contributed by atoms with Gasteiger partial charge in [0.25, 0.3) is 0 Å². The molecule has 0 bridgehead atoms. The zero-order valence-electron chi connectivity index (χ0n) is 9.18. The number of aryl methyl sites for hydroxylation is 1. The summed E-state index contributed by atoms with van der Waals surface area (Å²) in [6.07, 6.45) is 1.60. The van der Waals surface area contributed by atoms with Crippen molar-refractivity contribution in [2.75, 3.05) is 5.32 Å². The number of benzene rings is 1. The van der Waals surface area contributed by atoms with Crippen molar-refractivity contribution in [3.05, 3.63) is 41.7 Å². The van der Waals surface area contributed by atoms with Crippen molar-refractivity contribution >= 4 is 5.69 Å². The lowest BCUT2D eigenvalue weighted by Gasteiger charge is -2.06. The van der Waals surface area contributed by atoms with Gasteiger partial charge in [-0.05, 0) is 18.2 Å². The van der Waals surface area contributed by atoms with Crippen molar-refractivity contribution in [2.45, 2.75) is 6.54 Å². The lowest BCUT2D eigenvalue weighted by Crippen LogP contribution is -2.05. The van der Waals surface area contributed by atoms with Gasteiger partial charge in [0, 0.05) is 12.7 Å². The van der Waals surface area contributed by atoms with Crippen LogP contribution in [0.25, 0.3) is 0 Å². The van der Waals surface area contributed by atoms with Crippen LogP contribution in [0.2, 0.25) is 0 Å². The molecule has 1 heterocycles. The van der Waals surface area contributed by atoms with Crippen LogP contribution >= 0.6 is 0 Å². The maximum atomic E-state index is 13.1. The van der Waals surface area contributed by atoms with Crippen LogP contribution in [-0.4, -0.2) is 14.8 Å². The van der Waals surface area contributed by atoms with Crippen LogP contribution < -0.4 is 5.32 Å². The molecule has 1 N–H and O–H groups in total. The molecule has 86 valence electrons. The summed E-state index contributed by atoms with van der Waals surface area (Å²) in [7, 11) is 1.84. The minimum atomic E-state index is -0.517. The van der Waals surface area contributed by atoms with Crippen LogP contribution in [-0.2, 0) is 13.6 Å². The summed E-state index contributed by atoms with van der Waals surface area (Å²) in [6, 6.07) is 6.09. The maximum Gasteiger partial charge on any atom is 0.151 e. The minimum absolute atomic E-state index is 0.0213. The number of hydrogen-bond donors (Lipinski definition) is 1. The molecule has 17 heavy (non-hydrogen) atoms. The molecule has 0 radical (unpaired) electrons. The molecule has 0 aliphatic carbocycles. The Kier molecular flexibility index (Phi) is 3.01. The summed E-state index contributed by atoms with van der Waals surface area (Å²) in [6.45, 7) is 0.465. The first kappa shape index (κ1) is 11.1. The lowest BCUT2D eigenvalue weighted by atomic mass is 10.2. The normalized spacial score (nSPS) is 9.94. The first-order valence-corrected chi connectivity index (χ1v) is 4.97. The third-order valence-electron chi connectivity index (χ3n) is 2.34. The first-order valence-electron chi connectivity index (χ1n) is 4.97. The molecule has 6 heteroatoms. The molecule has 0 atom stereocenters. The second-order valence-electron chi connectivity index (χ2n) is 3.52. The maximum absolute atomic E-state index is 13.1. The van der Waals surface area contributed by atoms with E-state index in [1.165, 1.54) is 12.1 Å². The van der Waals surface area contributed by atoms with Crippen LogP contribution in [0.1, 0.15) is 11.4 Å². The van der Waals surface area contributed by atoms with E-state index < -0.39 is 5.82 Å². The van der Waals surface area contributed by atoms with E-state index in [2.05, 4.69) is 15.5 Å². The third kappa shape index (κ3) is 2.39. The van der Waals surface area contributed by atoms with E-state index in [0.717, 1.165) is 5.82 Å². The van der Waals surface area contributed by atoms with Gasteiger partial charge in [-0.25, -0.2) is 4.39 Å².